The van der Waals surface area contributed by atoms with Crippen LogP contribution in [0.15, 0.2) is 36.4 Å². The molecule has 3 rings (SSSR count). The number of hydrogen-bond acceptors (Lipinski definition) is 6. The van der Waals surface area contributed by atoms with Gasteiger partial charge in [0.25, 0.3) is 0 Å². The molecule has 1 amide bonds. The number of aryl methyl sites for hydroxylation is 1. The van der Waals surface area contributed by atoms with Gasteiger partial charge in [-0.05, 0) is 18.6 Å². The van der Waals surface area contributed by atoms with Gasteiger partial charge in [0.1, 0.15) is 6.61 Å². The van der Waals surface area contributed by atoms with E-state index in [1.165, 1.54) is 0 Å². The Labute approximate surface area is 153 Å². The average Bonchev–Trinajstić information content (AvgIpc) is 2.67. The zero-order valence-corrected chi connectivity index (χ0v) is 15.0. The summed E-state index contributed by atoms with van der Waals surface area (Å²) >= 11 is 0. The molecule has 1 aromatic carbocycles. The molecule has 1 fully saturated rings. The van der Waals surface area contributed by atoms with Crippen molar-refractivity contribution in [1.29, 1.82) is 0 Å². The topological polar surface area (TPSA) is 76.6 Å². The third-order valence-electron chi connectivity index (χ3n) is 4.00. The first-order chi connectivity index (χ1) is 12.7. The molecule has 7 nitrogen and oxygen atoms in total. The first kappa shape index (κ1) is 18.3. The summed E-state index contributed by atoms with van der Waals surface area (Å²) in [4.78, 5) is 23.1. The van der Waals surface area contributed by atoms with Gasteiger partial charge in [0, 0.05) is 18.8 Å². The summed E-state index contributed by atoms with van der Waals surface area (Å²) < 4.78 is 10.8. The third-order valence-corrected chi connectivity index (χ3v) is 4.00. The van der Waals surface area contributed by atoms with E-state index in [1.807, 2.05) is 43.3 Å². The largest absolute Gasteiger partial charge is 0.378 e. The normalized spacial score (nSPS) is 14.3. The van der Waals surface area contributed by atoms with E-state index in [0.29, 0.717) is 32.3 Å². The number of anilines is 1. The number of aromatic nitrogens is 2. The van der Waals surface area contributed by atoms with Crippen molar-refractivity contribution in [3.63, 3.8) is 0 Å². The van der Waals surface area contributed by atoms with Crippen LogP contribution in [0.5, 0.6) is 0 Å². The van der Waals surface area contributed by atoms with Gasteiger partial charge in [-0.3, -0.25) is 4.79 Å². The van der Waals surface area contributed by atoms with Gasteiger partial charge in [0.15, 0.2) is 0 Å². The van der Waals surface area contributed by atoms with Crippen LogP contribution in [0, 0.1) is 6.92 Å². The first-order valence-electron chi connectivity index (χ1n) is 8.76. The highest BCUT2D eigenvalue weighted by atomic mass is 16.5. The van der Waals surface area contributed by atoms with E-state index >= 15 is 0 Å². The van der Waals surface area contributed by atoms with Crippen molar-refractivity contribution in [2.75, 3.05) is 37.8 Å². The summed E-state index contributed by atoms with van der Waals surface area (Å²) in [6.45, 7) is 5.65. The quantitative estimate of drug-likeness (QED) is 0.809. The second-order valence-corrected chi connectivity index (χ2v) is 6.16. The Morgan fingerprint density at radius 3 is 2.77 bits per heavy atom. The van der Waals surface area contributed by atoms with Gasteiger partial charge in [-0.15, -0.1) is 0 Å². The highest BCUT2D eigenvalue weighted by Gasteiger charge is 2.15. The maximum atomic E-state index is 12.0. The Kier molecular flexibility index (Phi) is 6.51. The van der Waals surface area contributed by atoms with Gasteiger partial charge < -0.3 is 19.7 Å². The Morgan fingerprint density at radius 1 is 1.23 bits per heavy atom. The molecule has 0 aliphatic carbocycles. The van der Waals surface area contributed by atoms with Gasteiger partial charge in [0.05, 0.1) is 32.1 Å². The second-order valence-electron chi connectivity index (χ2n) is 6.16. The van der Waals surface area contributed by atoms with Gasteiger partial charge in [-0.25, -0.2) is 9.97 Å². The van der Waals surface area contributed by atoms with Crippen LogP contribution < -0.4 is 10.2 Å². The molecule has 1 N–H and O–H groups in total. The van der Waals surface area contributed by atoms with Crippen molar-refractivity contribution in [1.82, 2.24) is 15.3 Å². The summed E-state index contributed by atoms with van der Waals surface area (Å²) in [5, 5.41) is 2.85. The highest BCUT2D eigenvalue weighted by molar-refractivity contribution is 5.77. The van der Waals surface area contributed by atoms with Crippen molar-refractivity contribution in [2.24, 2.45) is 0 Å². The van der Waals surface area contributed by atoms with Gasteiger partial charge in [-0.1, -0.05) is 30.3 Å². The molecule has 1 saturated heterocycles. The molecule has 138 valence electrons. The summed E-state index contributed by atoms with van der Waals surface area (Å²) in [5.41, 5.74) is 2.71. The predicted octanol–water partition coefficient (Wildman–Crippen LogP) is 1.45. The van der Waals surface area contributed by atoms with Crippen LogP contribution in [0.4, 0.5) is 5.95 Å². The maximum absolute atomic E-state index is 12.0. The summed E-state index contributed by atoms with van der Waals surface area (Å²) in [5.74, 6) is 0.531. The Bertz CT molecular complexity index is 718. The van der Waals surface area contributed by atoms with Crippen LogP contribution in [0.1, 0.15) is 17.0 Å². The number of carbonyl (C=O) groups excluding carboxylic acids is 1. The molecule has 0 unspecified atom stereocenters. The van der Waals surface area contributed by atoms with Gasteiger partial charge >= 0.3 is 0 Å². The monoisotopic (exact) mass is 356 g/mol. The van der Waals surface area contributed by atoms with Crippen LogP contribution in [0.3, 0.4) is 0 Å². The number of morpholine rings is 1. The SMILES string of the molecule is Cc1cc(CNC(=O)COCc2ccccc2)nc(N2CCOCC2)n1. The number of benzene rings is 1. The molecular formula is C19H24N4O3. The van der Waals surface area contributed by atoms with Gasteiger partial charge in [-0.2, -0.15) is 0 Å². The standard InChI is InChI=1S/C19H24N4O3/c1-15-11-17(22-19(21-15)23-7-9-25-10-8-23)12-20-18(24)14-26-13-16-5-3-2-4-6-16/h2-6,11H,7-10,12-14H2,1H3,(H,20,24). The minimum absolute atomic E-state index is 0.0231. The molecule has 26 heavy (non-hydrogen) atoms. The minimum atomic E-state index is -0.162. The first-order valence-corrected chi connectivity index (χ1v) is 8.76. The van der Waals surface area contributed by atoms with Crippen LogP contribution >= 0.6 is 0 Å². The van der Waals surface area contributed by atoms with Crippen LogP contribution in [-0.2, 0) is 27.4 Å². The second kappa shape index (κ2) is 9.26. The van der Waals surface area contributed by atoms with E-state index < -0.39 is 0 Å². The summed E-state index contributed by atoms with van der Waals surface area (Å²) in [6.07, 6.45) is 0. The van der Waals surface area contributed by atoms with Crippen LogP contribution in [0.2, 0.25) is 0 Å². The molecule has 0 spiro atoms. The van der Waals surface area contributed by atoms with Crippen molar-refractivity contribution in [3.05, 3.63) is 53.3 Å². The van der Waals surface area contributed by atoms with Crippen molar-refractivity contribution >= 4 is 11.9 Å². The van der Waals surface area contributed by atoms with E-state index in [1.54, 1.807) is 0 Å². The van der Waals surface area contributed by atoms with E-state index in [2.05, 4.69) is 20.2 Å². The van der Waals surface area contributed by atoms with Crippen LogP contribution in [-0.4, -0.2) is 48.8 Å². The van der Waals surface area contributed by atoms with Crippen molar-refractivity contribution < 1.29 is 14.3 Å². The molecular weight excluding hydrogens is 332 g/mol. The fraction of sp³-hybridized carbons (Fsp3) is 0.421. The van der Waals surface area contributed by atoms with E-state index in [9.17, 15) is 4.79 Å². The lowest BCUT2D eigenvalue weighted by molar-refractivity contribution is -0.126. The number of rotatable bonds is 7. The lowest BCUT2D eigenvalue weighted by atomic mass is 10.2. The van der Waals surface area contributed by atoms with Crippen LogP contribution in [0.25, 0.3) is 0 Å². The highest BCUT2D eigenvalue weighted by Crippen LogP contribution is 2.12. The molecule has 1 aliphatic heterocycles. The Morgan fingerprint density at radius 2 is 2.00 bits per heavy atom. The maximum Gasteiger partial charge on any atom is 0.246 e. The van der Waals surface area contributed by atoms with Crippen molar-refractivity contribution in [2.45, 2.75) is 20.1 Å². The molecule has 1 aliphatic rings. The molecule has 0 atom stereocenters. The molecule has 2 aromatic rings. The van der Waals surface area contributed by atoms with Gasteiger partial charge in [0.2, 0.25) is 11.9 Å². The molecule has 0 saturated carbocycles. The molecule has 2 heterocycles. The number of carbonyl (C=O) groups is 1. The Balaban J connectivity index is 1.47. The fourth-order valence-electron chi connectivity index (χ4n) is 2.69. The molecule has 0 bridgehead atoms. The number of hydrogen-bond donors (Lipinski definition) is 1. The zero-order valence-electron chi connectivity index (χ0n) is 15.0. The number of ether oxygens (including phenoxy) is 2. The smallest absolute Gasteiger partial charge is 0.246 e. The lowest BCUT2D eigenvalue weighted by Gasteiger charge is -2.27. The molecule has 0 radical (unpaired) electrons. The van der Waals surface area contributed by atoms with E-state index in [0.717, 1.165) is 30.0 Å². The fourth-order valence-corrected chi connectivity index (χ4v) is 2.69. The Hall–Kier alpha value is -2.51. The number of nitrogens with zero attached hydrogens (tertiary/aromatic N) is 3. The molecule has 7 heteroatoms. The van der Waals surface area contributed by atoms with Crippen molar-refractivity contribution in [3.8, 4) is 0 Å². The average molecular weight is 356 g/mol. The predicted molar refractivity (Wildman–Crippen MR) is 97.7 cm³/mol. The summed E-state index contributed by atoms with van der Waals surface area (Å²) in [6, 6.07) is 11.7. The minimum Gasteiger partial charge on any atom is -0.378 e. The van der Waals surface area contributed by atoms with E-state index in [-0.39, 0.29) is 12.5 Å². The lowest BCUT2D eigenvalue weighted by Crippen LogP contribution is -2.37. The number of nitrogens with one attached hydrogen (secondary N) is 1. The third kappa shape index (κ3) is 5.50. The summed E-state index contributed by atoms with van der Waals surface area (Å²) in [7, 11) is 0. The number of amides is 1. The van der Waals surface area contributed by atoms with E-state index in [4.69, 9.17) is 9.47 Å². The zero-order chi connectivity index (χ0) is 18.2. The molecule has 1 aromatic heterocycles.